The molecule has 0 aliphatic rings. The molecule has 0 atom stereocenters. The van der Waals surface area contributed by atoms with Gasteiger partial charge in [-0.2, -0.15) is 0 Å². The molecule has 0 spiro atoms. The van der Waals surface area contributed by atoms with Crippen LogP contribution in [-0.2, 0) is 11.3 Å². The molecule has 1 aromatic carbocycles. The van der Waals surface area contributed by atoms with Crippen molar-refractivity contribution < 1.29 is 4.79 Å². The maximum Gasteiger partial charge on any atom is 0.231 e. The summed E-state index contributed by atoms with van der Waals surface area (Å²) in [7, 11) is 0. The van der Waals surface area contributed by atoms with E-state index in [4.69, 9.17) is 23.7 Å². The minimum atomic E-state index is -0.334. The lowest BCUT2D eigenvalue weighted by Gasteiger charge is -2.20. The molecule has 1 rings (SSSR count). The van der Waals surface area contributed by atoms with Crippen molar-refractivity contribution in [1.82, 2.24) is 4.90 Å². The molecular formula is C12H17N3OS. The van der Waals surface area contributed by atoms with Crippen molar-refractivity contribution in [3.8, 4) is 0 Å². The van der Waals surface area contributed by atoms with Crippen LogP contribution in [0.5, 0.6) is 0 Å². The Bertz CT molecular complexity index is 420. The van der Waals surface area contributed by atoms with Gasteiger partial charge >= 0.3 is 0 Å². The van der Waals surface area contributed by atoms with Crippen molar-refractivity contribution in [2.45, 2.75) is 13.5 Å². The third kappa shape index (κ3) is 4.13. The Hall–Kier alpha value is -1.46. The maximum atomic E-state index is 10.9. The lowest BCUT2D eigenvalue weighted by atomic mass is 10.1. The highest BCUT2D eigenvalue weighted by atomic mass is 32.1. The number of hydrogen-bond acceptors (Lipinski definition) is 3. The number of nitrogens with zero attached hydrogens (tertiary/aromatic N) is 1. The Morgan fingerprint density at radius 3 is 2.53 bits per heavy atom. The highest BCUT2D eigenvalue weighted by molar-refractivity contribution is 7.80. The molecular weight excluding hydrogens is 234 g/mol. The smallest absolute Gasteiger partial charge is 0.231 e. The zero-order chi connectivity index (χ0) is 12.8. The van der Waals surface area contributed by atoms with Crippen LogP contribution in [0.1, 0.15) is 18.1 Å². The Morgan fingerprint density at radius 1 is 1.35 bits per heavy atom. The number of carbonyl (C=O) groups is 1. The summed E-state index contributed by atoms with van der Waals surface area (Å²) in [6, 6.07) is 7.66. The number of hydrogen-bond donors (Lipinski definition) is 2. The first-order chi connectivity index (χ1) is 8.04. The number of benzene rings is 1. The number of rotatable bonds is 6. The zero-order valence-electron chi connectivity index (χ0n) is 9.85. The van der Waals surface area contributed by atoms with E-state index in [1.807, 2.05) is 36.1 Å². The van der Waals surface area contributed by atoms with E-state index >= 15 is 0 Å². The molecule has 0 fully saturated rings. The molecule has 0 bridgehead atoms. The summed E-state index contributed by atoms with van der Waals surface area (Å²) in [5, 5.41) is 0. The zero-order valence-corrected chi connectivity index (χ0v) is 10.7. The summed E-state index contributed by atoms with van der Waals surface area (Å²) in [4.78, 5) is 13.2. The summed E-state index contributed by atoms with van der Waals surface area (Å²) in [6.45, 7) is 3.58. The third-order valence-electron chi connectivity index (χ3n) is 2.50. The predicted molar refractivity (Wildman–Crippen MR) is 72.5 cm³/mol. The van der Waals surface area contributed by atoms with Crippen LogP contribution in [0.3, 0.4) is 0 Å². The lowest BCUT2D eigenvalue weighted by Crippen LogP contribution is -2.33. The molecule has 92 valence electrons. The van der Waals surface area contributed by atoms with Gasteiger partial charge in [-0.1, -0.05) is 43.4 Å². The Morgan fingerprint density at radius 2 is 2.00 bits per heavy atom. The summed E-state index contributed by atoms with van der Waals surface area (Å²) in [5.41, 5.74) is 12.7. The Labute approximate surface area is 107 Å². The second-order valence-electron chi connectivity index (χ2n) is 3.79. The monoisotopic (exact) mass is 251 g/mol. The van der Waals surface area contributed by atoms with Gasteiger partial charge in [-0.05, 0) is 12.1 Å². The molecule has 0 saturated carbocycles. The Kier molecular flexibility index (Phi) is 5.06. The van der Waals surface area contributed by atoms with Crippen molar-refractivity contribution in [2.75, 3.05) is 13.1 Å². The van der Waals surface area contributed by atoms with Crippen LogP contribution < -0.4 is 11.5 Å². The van der Waals surface area contributed by atoms with Gasteiger partial charge in [0.25, 0.3) is 0 Å². The van der Waals surface area contributed by atoms with Crippen molar-refractivity contribution in [3.63, 3.8) is 0 Å². The fourth-order valence-electron chi connectivity index (χ4n) is 1.64. The minimum absolute atomic E-state index is 0.238. The van der Waals surface area contributed by atoms with Gasteiger partial charge in [-0.3, -0.25) is 9.69 Å². The van der Waals surface area contributed by atoms with Gasteiger partial charge in [-0.15, -0.1) is 0 Å². The van der Waals surface area contributed by atoms with E-state index in [1.54, 1.807) is 0 Å². The SMILES string of the molecule is CCN(CC(N)=O)Cc1ccccc1C(N)=S. The van der Waals surface area contributed by atoms with Crippen molar-refractivity contribution in [3.05, 3.63) is 35.4 Å². The van der Waals surface area contributed by atoms with E-state index in [9.17, 15) is 4.79 Å². The van der Waals surface area contributed by atoms with E-state index in [2.05, 4.69) is 0 Å². The average molecular weight is 251 g/mol. The van der Waals surface area contributed by atoms with Crippen LogP contribution in [0, 0.1) is 0 Å². The van der Waals surface area contributed by atoms with Gasteiger partial charge in [0.2, 0.25) is 5.91 Å². The number of primary amides is 1. The molecule has 5 heteroatoms. The molecule has 4 nitrogen and oxygen atoms in total. The van der Waals surface area contributed by atoms with Crippen LogP contribution in [0.2, 0.25) is 0 Å². The van der Waals surface area contributed by atoms with E-state index in [0.29, 0.717) is 11.5 Å². The molecule has 0 unspecified atom stereocenters. The van der Waals surface area contributed by atoms with Crippen LogP contribution >= 0.6 is 12.2 Å². The largest absolute Gasteiger partial charge is 0.389 e. The molecule has 0 aliphatic carbocycles. The van der Waals surface area contributed by atoms with Gasteiger partial charge in [0.15, 0.2) is 0 Å². The lowest BCUT2D eigenvalue weighted by molar-refractivity contribution is -0.119. The highest BCUT2D eigenvalue weighted by Gasteiger charge is 2.10. The topological polar surface area (TPSA) is 72.3 Å². The normalized spacial score (nSPS) is 10.5. The molecule has 0 aliphatic heterocycles. The third-order valence-corrected chi connectivity index (χ3v) is 2.72. The first-order valence-corrected chi connectivity index (χ1v) is 5.83. The summed E-state index contributed by atoms with van der Waals surface area (Å²) in [5.74, 6) is -0.334. The molecule has 1 aromatic rings. The average Bonchev–Trinajstić information content (AvgIpc) is 2.28. The van der Waals surface area contributed by atoms with E-state index in [1.165, 1.54) is 0 Å². The number of thiocarbonyl (C=S) groups is 1. The highest BCUT2D eigenvalue weighted by Crippen LogP contribution is 2.11. The van der Waals surface area contributed by atoms with Gasteiger partial charge in [-0.25, -0.2) is 0 Å². The van der Waals surface area contributed by atoms with Crippen molar-refractivity contribution in [1.29, 1.82) is 0 Å². The van der Waals surface area contributed by atoms with E-state index in [-0.39, 0.29) is 12.5 Å². The molecule has 0 saturated heterocycles. The van der Waals surface area contributed by atoms with Crippen molar-refractivity contribution in [2.24, 2.45) is 11.5 Å². The van der Waals surface area contributed by atoms with Crippen LogP contribution in [0.25, 0.3) is 0 Å². The second-order valence-corrected chi connectivity index (χ2v) is 4.23. The summed E-state index contributed by atoms with van der Waals surface area (Å²) >= 11 is 4.99. The number of likely N-dealkylation sites (N-methyl/N-ethyl adjacent to an activating group) is 1. The fourth-order valence-corrected chi connectivity index (χ4v) is 1.84. The number of carbonyl (C=O) groups excluding carboxylic acids is 1. The van der Waals surface area contributed by atoms with Gasteiger partial charge in [0, 0.05) is 12.1 Å². The molecule has 4 N–H and O–H groups in total. The van der Waals surface area contributed by atoms with Crippen LogP contribution in [0.4, 0.5) is 0 Å². The molecule has 17 heavy (non-hydrogen) atoms. The fraction of sp³-hybridized carbons (Fsp3) is 0.333. The number of amides is 1. The van der Waals surface area contributed by atoms with E-state index < -0.39 is 0 Å². The summed E-state index contributed by atoms with van der Waals surface area (Å²) in [6.07, 6.45) is 0. The van der Waals surface area contributed by atoms with Crippen LogP contribution in [0.15, 0.2) is 24.3 Å². The van der Waals surface area contributed by atoms with Gasteiger partial charge in [0.05, 0.1) is 6.54 Å². The first-order valence-electron chi connectivity index (χ1n) is 5.43. The predicted octanol–water partition coefficient (Wildman–Crippen LogP) is 0.628. The quantitative estimate of drug-likeness (QED) is 0.727. The van der Waals surface area contributed by atoms with Crippen molar-refractivity contribution >= 4 is 23.1 Å². The standard InChI is InChI=1S/C12H17N3OS/c1-2-15(8-11(13)16)7-9-5-3-4-6-10(9)12(14)17/h3-6H,2,7-8H2,1H3,(H2,13,16)(H2,14,17). The maximum absolute atomic E-state index is 10.9. The molecule has 0 radical (unpaired) electrons. The first kappa shape index (κ1) is 13.6. The molecule has 1 amide bonds. The minimum Gasteiger partial charge on any atom is -0.389 e. The second kappa shape index (κ2) is 6.32. The van der Waals surface area contributed by atoms with Gasteiger partial charge < -0.3 is 11.5 Å². The Balaban J connectivity index is 2.85. The number of nitrogens with two attached hydrogens (primary N) is 2. The molecule has 0 aromatic heterocycles. The molecule has 0 heterocycles. The van der Waals surface area contributed by atoms with E-state index in [0.717, 1.165) is 17.7 Å². The summed E-state index contributed by atoms with van der Waals surface area (Å²) < 4.78 is 0. The van der Waals surface area contributed by atoms with Gasteiger partial charge in [0.1, 0.15) is 4.99 Å². The van der Waals surface area contributed by atoms with Crippen LogP contribution in [-0.4, -0.2) is 28.9 Å².